The van der Waals surface area contributed by atoms with Crippen LogP contribution in [0.5, 0.6) is 0 Å². The van der Waals surface area contributed by atoms with Crippen LogP contribution in [0, 0.1) is 0 Å². The van der Waals surface area contributed by atoms with Crippen molar-refractivity contribution >= 4 is 28.7 Å². The molecule has 0 unspecified atom stereocenters. The lowest BCUT2D eigenvalue weighted by molar-refractivity contribution is -0.147. The largest absolute Gasteiger partial charge is 0.444 e. The third-order valence-electron chi connectivity index (χ3n) is 6.69. The second-order valence-electron chi connectivity index (χ2n) is 9.92. The average Bonchev–Trinajstić information content (AvgIpc) is 3.31. The summed E-state index contributed by atoms with van der Waals surface area (Å²) in [5.74, 6) is -0.489. The van der Waals surface area contributed by atoms with E-state index < -0.39 is 24.2 Å². The summed E-state index contributed by atoms with van der Waals surface area (Å²) in [5.41, 5.74) is -0.133. The summed E-state index contributed by atoms with van der Waals surface area (Å²) in [5, 5.41) is 5.62. The van der Waals surface area contributed by atoms with Gasteiger partial charge in [-0.2, -0.15) is 13.2 Å². The fraction of sp³-hybridized carbons (Fsp3) is 0.536. The van der Waals surface area contributed by atoms with Gasteiger partial charge in [-0.1, -0.05) is 46.0 Å². The van der Waals surface area contributed by atoms with Crippen LogP contribution in [-0.4, -0.2) is 49.7 Å². The summed E-state index contributed by atoms with van der Waals surface area (Å²) >= 11 is 0. The Hall–Kier alpha value is -3.70. The van der Waals surface area contributed by atoms with E-state index in [9.17, 15) is 22.8 Å². The Kier molecular flexibility index (Phi) is 10.9. The molecule has 0 saturated heterocycles. The molecule has 0 bridgehead atoms. The maximum Gasteiger partial charge on any atom is 0.405 e. The van der Waals surface area contributed by atoms with Gasteiger partial charge in [0.1, 0.15) is 23.5 Å². The number of fused-ring (bicyclic) bond motifs is 1. The number of pyridine rings is 1. The van der Waals surface area contributed by atoms with Crippen molar-refractivity contribution in [3.63, 3.8) is 0 Å². The monoisotopic (exact) mass is 562 g/mol. The molecule has 0 spiro atoms. The minimum atomic E-state index is -4.52. The van der Waals surface area contributed by atoms with E-state index in [0.29, 0.717) is 23.5 Å². The molecule has 1 amide bonds. The van der Waals surface area contributed by atoms with Crippen LogP contribution in [0.2, 0.25) is 0 Å². The quantitative estimate of drug-likeness (QED) is 0.173. The number of carbonyl (C=O) groups is 2. The lowest BCUT2D eigenvalue weighted by Gasteiger charge is -2.29. The van der Waals surface area contributed by atoms with Gasteiger partial charge < -0.3 is 15.4 Å². The number of rotatable bonds is 15. The summed E-state index contributed by atoms with van der Waals surface area (Å²) in [4.78, 5) is 38.2. The maximum absolute atomic E-state index is 12.6. The molecule has 9 nitrogen and oxygen atoms in total. The highest BCUT2D eigenvalue weighted by molar-refractivity contribution is 5.92. The van der Waals surface area contributed by atoms with E-state index in [1.165, 1.54) is 38.4 Å². The third-order valence-corrected chi connectivity index (χ3v) is 6.69. The van der Waals surface area contributed by atoms with Crippen LogP contribution < -0.4 is 10.6 Å². The van der Waals surface area contributed by atoms with Crippen LogP contribution in [-0.2, 0) is 21.1 Å². The van der Waals surface area contributed by atoms with Gasteiger partial charge in [-0.25, -0.2) is 15.0 Å². The first kappa shape index (κ1) is 30.8. The molecule has 0 aliphatic rings. The van der Waals surface area contributed by atoms with Crippen molar-refractivity contribution < 1.29 is 27.5 Å². The number of ether oxygens (including phenoxy) is 1. The normalized spacial score (nSPS) is 13.2. The summed E-state index contributed by atoms with van der Waals surface area (Å²) < 4.78 is 45.1. The molecule has 3 rings (SSSR count). The Morgan fingerprint density at radius 1 is 1.02 bits per heavy atom. The SMILES string of the molecule is CCCCCCCCC(=O)OCn1cc(-c2nccc(N[C@](C)(CC)C(=O)NCC(F)(F)F)n2)c2cccnc21. The lowest BCUT2D eigenvalue weighted by Crippen LogP contribution is -2.52. The molecule has 0 aliphatic heterocycles. The van der Waals surface area contributed by atoms with E-state index in [-0.39, 0.29) is 24.9 Å². The summed E-state index contributed by atoms with van der Waals surface area (Å²) in [6, 6.07) is 5.15. The van der Waals surface area contributed by atoms with Gasteiger partial charge in [-0.05, 0) is 38.0 Å². The molecule has 0 aromatic carbocycles. The standard InChI is InChI=1S/C28H37F3N6O3/c1-4-6-7-8-9-10-13-23(38)40-19-37-17-21(20-12-11-15-33-25(20)37)24-32-16-14-22(35-24)36-27(3,5-2)26(39)34-18-28(29,30)31/h11-12,14-17H,4-10,13,18-19H2,1-3H3,(H,34,39)(H,32,35,36)/t27-/m1/s1. The van der Waals surface area contributed by atoms with Gasteiger partial charge in [-0.15, -0.1) is 0 Å². The number of aromatic nitrogens is 4. The van der Waals surface area contributed by atoms with Gasteiger partial charge in [0.15, 0.2) is 12.6 Å². The number of halogens is 3. The van der Waals surface area contributed by atoms with E-state index in [4.69, 9.17) is 4.74 Å². The minimum absolute atomic E-state index is 0.0204. The van der Waals surface area contributed by atoms with Gasteiger partial charge in [0.05, 0.1) is 0 Å². The van der Waals surface area contributed by atoms with Crippen LogP contribution in [0.3, 0.4) is 0 Å². The van der Waals surface area contributed by atoms with Crippen molar-refractivity contribution in [2.45, 2.75) is 90.6 Å². The lowest BCUT2D eigenvalue weighted by atomic mass is 9.97. The topological polar surface area (TPSA) is 111 Å². The first-order valence-corrected chi connectivity index (χ1v) is 13.6. The molecule has 0 fully saturated rings. The Morgan fingerprint density at radius 3 is 2.50 bits per heavy atom. The summed E-state index contributed by atoms with van der Waals surface area (Å²) in [6.07, 6.45) is 7.37. The molecule has 0 saturated carbocycles. The van der Waals surface area contributed by atoms with Crippen molar-refractivity contribution in [1.82, 2.24) is 24.8 Å². The minimum Gasteiger partial charge on any atom is -0.444 e. The van der Waals surface area contributed by atoms with Crippen LogP contribution in [0.4, 0.5) is 19.0 Å². The fourth-order valence-corrected chi connectivity index (χ4v) is 4.18. The van der Waals surface area contributed by atoms with Gasteiger partial charge in [0.25, 0.3) is 0 Å². The van der Waals surface area contributed by atoms with Gasteiger partial charge in [-0.3, -0.25) is 14.2 Å². The predicted octanol–water partition coefficient (Wildman–Crippen LogP) is 6.00. The van der Waals surface area contributed by atoms with Crippen LogP contribution in [0.25, 0.3) is 22.4 Å². The predicted molar refractivity (Wildman–Crippen MR) is 146 cm³/mol. The molecule has 12 heteroatoms. The first-order valence-electron chi connectivity index (χ1n) is 13.6. The number of anilines is 1. The smallest absolute Gasteiger partial charge is 0.405 e. The second kappa shape index (κ2) is 14.1. The molecule has 3 aromatic heterocycles. The number of esters is 1. The van der Waals surface area contributed by atoms with E-state index in [2.05, 4.69) is 27.2 Å². The van der Waals surface area contributed by atoms with Gasteiger partial charge in [0, 0.05) is 36.0 Å². The molecule has 0 aliphatic carbocycles. The highest BCUT2D eigenvalue weighted by Gasteiger charge is 2.35. The second-order valence-corrected chi connectivity index (χ2v) is 9.92. The number of carbonyl (C=O) groups excluding carboxylic acids is 2. The first-order chi connectivity index (χ1) is 19.1. The average molecular weight is 563 g/mol. The molecule has 0 radical (unpaired) electrons. The number of nitrogens with one attached hydrogen (secondary N) is 2. The van der Waals surface area contributed by atoms with Crippen molar-refractivity contribution in [2.75, 3.05) is 11.9 Å². The summed E-state index contributed by atoms with van der Waals surface area (Å²) in [6.45, 7) is 3.92. The zero-order valence-corrected chi connectivity index (χ0v) is 23.2. The number of hydrogen-bond acceptors (Lipinski definition) is 7. The number of hydrogen-bond donors (Lipinski definition) is 2. The molecule has 40 heavy (non-hydrogen) atoms. The Labute approximate surface area is 231 Å². The molecule has 1 atom stereocenters. The maximum atomic E-state index is 12.6. The van der Waals surface area contributed by atoms with Crippen molar-refractivity contribution in [2.24, 2.45) is 0 Å². The zero-order chi connectivity index (χ0) is 29.2. The molecular weight excluding hydrogens is 525 g/mol. The number of amides is 1. The van der Waals surface area contributed by atoms with E-state index in [0.717, 1.165) is 24.6 Å². The molecule has 218 valence electrons. The van der Waals surface area contributed by atoms with Crippen molar-refractivity contribution in [1.29, 1.82) is 0 Å². The Morgan fingerprint density at radius 2 is 1.77 bits per heavy atom. The zero-order valence-electron chi connectivity index (χ0n) is 23.2. The van der Waals surface area contributed by atoms with Crippen LogP contribution >= 0.6 is 0 Å². The van der Waals surface area contributed by atoms with Gasteiger partial charge in [0.2, 0.25) is 5.91 Å². The Bertz CT molecular complexity index is 1280. The van der Waals surface area contributed by atoms with E-state index in [1.807, 2.05) is 11.4 Å². The van der Waals surface area contributed by atoms with Crippen molar-refractivity contribution in [3.05, 3.63) is 36.8 Å². The summed E-state index contributed by atoms with van der Waals surface area (Å²) in [7, 11) is 0. The fourth-order valence-electron chi connectivity index (χ4n) is 4.18. The molecule has 3 aromatic rings. The Balaban J connectivity index is 1.72. The number of unbranched alkanes of at least 4 members (excludes halogenated alkanes) is 5. The number of nitrogens with zero attached hydrogens (tertiary/aromatic N) is 4. The van der Waals surface area contributed by atoms with Gasteiger partial charge >= 0.3 is 12.1 Å². The van der Waals surface area contributed by atoms with E-state index in [1.54, 1.807) is 30.0 Å². The van der Waals surface area contributed by atoms with E-state index >= 15 is 0 Å². The van der Waals surface area contributed by atoms with Crippen LogP contribution in [0.1, 0.15) is 72.1 Å². The van der Waals surface area contributed by atoms with Crippen LogP contribution in [0.15, 0.2) is 36.8 Å². The molecule has 2 N–H and O–H groups in total. The number of alkyl halides is 3. The van der Waals surface area contributed by atoms with Crippen molar-refractivity contribution in [3.8, 4) is 11.4 Å². The molecule has 3 heterocycles. The highest BCUT2D eigenvalue weighted by Crippen LogP contribution is 2.29. The third kappa shape index (κ3) is 8.65. The molecular formula is C28H37F3N6O3. The highest BCUT2D eigenvalue weighted by atomic mass is 19.4.